The summed E-state index contributed by atoms with van der Waals surface area (Å²) in [5.74, 6) is -0.501. The topological polar surface area (TPSA) is 77.4 Å². The van der Waals surface area contributed by atoms with Crippen molar-refractivity contribution in [3.63, 3.8) is 0 Å². The first-order valence-corrected chi connectivity index (χ1v) is 8.04. The van der Waals surface area contributed by atoms with E-state index in [0.29, 0.717) is 28.5 Å². The maximum atomic E-state index is 13.0. The Morgan fingerprint density at radius 3 is 2.46 bits per heavy atom. The standard InChI is InChI=1S/C19H16N2O5/c1-24-12-8-9-14(25-2)13(10-12)16-15-17(26-20-16)19(23)21(18(15)22)11-6-4-3-5-7-11/h3-10,15,17H,1-2H3. The van der Waals surface area contributed by atoms with E-state index in [4.69, 9.17) is 14.3 Å². The molecule has 132 valence electrons. The summed E-state index contributed by atoms with van der Waals surface area (Å²) < 4.78 is 10.6. The largest absolute Gasteiger partial charge is 0.497 e. The lowest BCUT2D eigenvalue weighted by Gasteiger charge is -2.16. The van der Waals surface area contributed by atoms with Gasteiger partial charge in [0.05, 0.1) is 19.9 Å². The molecule has 2 amide bonds. The Balaban J connectivity index is 1.75. The predicted molar refractivity (Wildman–Crippen MR) is 93.4 cm³/mol. The van der Waals surface area contributed by atoms with Crippen LogP contribution in [-0.2, 0) is 14.4 Å². The van der Waals surface area contributed by atoms with Crippen LogP contribution >= 0.6 is 0 Å². The Morgan fingerprint density at radius 2 is 1.77 bits per heavy atom. The summed E-state index contributed by atoms with van der Waals surface area (Å²) in [6, 6.07) is 14.0. The van der Waals surface area contributed by atoms with Crippen LogP contribution in [0.4, 0.5) is 5.69 Å². The van der Waals surface area contributed by atoms with Gasteiger partial charge in [0.1, 0.15) is 23.1 Å². The number of anilines is 1. The third-order valence-corrected chi connectivity index (χ3v) is 4.51. The average molecular weight is 352 g/mol. The molecule has 2 atom stereocenters. The molecule has 26 heavy (non-hydrogen) atoms. The normalized spacial score (nSPS) is 21.3. The quantitative estimate of drug-likeness (QED) is 0.787. The Morgan fingerprint density at radius 1 is 1.00 bits per heavy atom. The summed E-state index contributed by atoms with van der Waals surface area (Å²) in [4.78, 5) is 32.2. The van der Waals surface area contributed by atoms with Gasteiger partial charge in [0, 0.05) is 5.56 Å². The molecular weight excluding hydrogens is 336 g/mol. The summed E-state index contributed by atoms with van der Waals surface area (Å²) in [6.45, 7) is 0. The number of nitrogens with zero attached hydrogens (tertiary/aromatic N) is 2. The minimum absolute atomic E-state index is 0.363. The van der Waals surface area contributed by atoms with Crippen LogP contribution in [0, 0.1) is 5.92 Å². The minimum atomic E-state index is -0.964. The molecule has 0 bridgehead atoms. The summed E-state index contributed by atoms with van der Waals surface area (Å²) in [7, 11) is 3.07. The number of para-hydroxylation sites is 1. The third-order valence-electron chi connectivity index (χ3n) is 4.51. The second-order valence-corrected chi connectivity index (χ2v) is 5.89. The molecule has 0 N–H and O–H groups in total. The van der Waals surface area contributed by atoms with E-state index in [9.17, 15) is 9.59 Å². The van der Waals surface area contributed by atoms with Gasteiger partial charge in [-0.25, -0.2) is 4.90 Å². The third kappa shape index (κ3) is 2.32. The van der Waals surface area contributed by atoms with Gasteiger partial charge in [-0.1, -0.05) is 23.4 Å². The number of amides is 2. The number of benzene rings is 2. The van der Waals surface area contributed by atoms with Crippen molar-refractivity contribution in [2.75, 3.05) is 19.1 Å². The van der Waals surface area contributed by atoms with E-state index in [1.165, 1.54) is 7.11 Å². The van der Waals surface area contributed by atoms with E-state index in [1.54, 1.807) is 49.6 Å². The fraction of sp³-hybridized carbons (Fsp3) is 0.211. The molecule has 2 unspecified atom stereocenters. The summed E-state index contributed by atoms with van der Waals surface area (Å²) >= 11 is 0. The zero-order valence-corrected chi connectivity index (χ0v) is 14.2. The molecule has 7 heteroatoms. The lowest BCUT2D eigenvalue weighted by Crippen LogP contribution is -2.33. The van der Waals surface area contributed by atoms with Crippen molar-refractivity contribution in [3.05, 3.63) is 54.1 Å². The number of fused-ring (bicyclic) bond motifs is 1. The van der Waals surface area contributed by atoms with E-state index in [2.05, 4.69) is 5.16 Å². The number of carbonyl (C=O) groups excluding carboxylic acids is 2. The first-order chi connectivity index (χ1) is 12.7. The van der Waals surface area contributed by atoms with Gasteiger partial charge in [0.15, 0.2) is 0 Å². The second-order valence-electron chi connectivity index (χ2n) is 5.89. The van der Waals surface area contributed by atoms with Crippen molar-refractivity contribution in [1.82, 2.24) is 0 Å². The van der Waals surface area contributed by atoms with Crippen LogP contribution in [0.1, 0.15) is 5.56 Å². The fourth-order valence-corrected chi connectivity index (χ4v) is 3.25. The smallest absolute Gasteiger partial charge is 0.278 e. The molecule has 0 saturated carbocycles. The van der Waals surface area contributed by atoms with Crippen molar-refractivity contribution in [3.8, 4) is 11.5 Å². The van der Waals surface area contributed by atoms with E-state index < -0.39 is 17.9 Å². The van der Waals surface area contributed by atoms with Crippen LogP contribution in [0.5, 0.6) is 11.5 Å². The molecule has 2 aliphatic rings. The van der Waals surface area contributed by atoms with E-state index in [0.717, 1.165) is 4.90 Å². The Labute approximate surface area is 149 Å². The van der Waals surface area contributed by atoms with Gasteiger partial charge in [0.25, 0.3) is 5.91 Å². The number of hydrogen-bond acceptors (Lipinski definition) is 6. The monoisotopic (exact) mass is 352 g/mol. The number of imide groups is 1. The SMILES string of the molecule is COc1ccc(OC)c(C2=NOC3C(=O)N(c4ccccc4)C(=O)C23)c1. The van der Waals surface area contributed by atoms with Crippen LogP contribution < -0.4 is 14.4 Å². The zero-order valence-electron chi connectivity index (χ0n) is 14.2. The number of rotatable bonds is 4. The Bertz CT molecular complexity index is 909. The van der Waals surface area contributed by atoms with Crippen molar-refractivity contribution in [2.24, 2.45) is 11.1 Å². The Hall–Kier alpha value is -3.35. The van der Waals surface area contributed by atoms with E-state index in [-0.39, 0.29) is 5.91 Å². The molecule has 2 heterocycles. The zero-order chi connectivity index (χ0) is 18.3. The highest BCUT2D eigenvalue weighted by Crippen LogP contribution is 2.37. The number of ether oxygens (including phenoxy) is 2. The van der Waals surface area contributed by atoms with Crippen molar-refractivity contribution in [2.45, 2.75) is 6.10 Å². The van der Waals surface area contributed by atoms with Crippen molar-refractivity contribution in [1.29, 1.82) is 0 Å². The van der Waals surface area contributed by atoms with Gasteiger partial charge in [-0.3, -0.25) is 9.59 Å². The molecule has 0 aliphatic carbocycles. The number of carbonyl (C=O) groups is 2. The molecule has 0 radical (unpaired) electrons. The van der Waals surface area contributed by atoms with Gasteiger partial charge in [-0.15, -0.1) is 0 Å². The molecule has 2 aliphatic heterocycles. The number of methoxy groups -OCH3 is 2. The summed E-state index contributed by atoms with van der Waals surface area (Å²) in [6.07, 6.45) is -0.964. The van der Waals surface area contributed by atoms with Crippen LogP contribution in [0.15, 0.2) is 53.7 Å². The molecule has 1 saturated heterocycles. The Kier molecular flexibility index (Phi) is 3.84. The second kappa shape index (κ2) is 6.18. The fourth-order valence-electron chi connectivity index (χ4n) is 3.25. The summed E-state index contributed by atoms with van der Waals surface area (Å²) in [5, 5.41) is 4.02. The van der Waals surface area contributed by atoms with E-state index >= 15 is 0 Å². The van der Waals surface area contributed by atoms with Crippen LogP contribution in [-0.4, -0.2) is 37.8 Å². The van der Waals surface area contributed by atoms with E-state index in [1.807, 2.05) is 6.07 Å². The molecule has 2 aromatic carbocycles. The van der Waals surface area contributed by atoms with Crippen LogP contribution in [0.25, 0.3) is 0 Å². The maximum absolute atomic E-state index is 13.0. The van der Waals surface area contributed by atoms with Crippen LogP contribution in [0.2, 0.25) is 0 Å². The summed E-state index contributed by atoms with van der Waals surface area (Å²) in [5.41, 5.74) is 1.44. The molecule has 7 nitrogen and oxygen atoms in total. The molecule has 0 spiro atoms. The highest BCUT2D eigenvalue weighted by atomic mass is 16.7. The first-order valence-electron chi connectivity index (χ1n) is 8.04. The van der Waals surface area contributed by atoms with Gasteiger partial charge >= 0.3 is 0 Å². The van der Waals surface area contributed by atoms with Crippen molar-refractivity contribution >= 4 is 23.2 Å². The first kappa shape index (κ1) is 16.1. The van der Waals surface area contributed by atoms with Gasteiger partial charge in [-0.2, -0.15) is 0 Å². The molecule has 0 aromatic heterocycles. The van der Waals surface area contributed by atoms with Gasteiger partial charge in [-0.05, 0) is 30.3 Å². The number of oxime groups is 1. The average Bonchev–Trinajstić information content (AvgIpc) is 3.22. The maximum Gasteiger partial charge on any atom is 0.278 e. The molecule has 4 rings (SSSR count). The molecular formula is C19H16N2O5. The molecule has 2 aromatic rings. The van der Waals surface area contributed by atoms with Crippen LogP contribution in [0.3, 0.4) is 0 Å². The lowest BCUT2D eigenvalue weighted by atomic mass is 9.93. The van der Waals surface area contributed by atoms with Crippen molar-refractivity contribution < 1.29 is 23.9 Å². The predicted octanol–water partition coefficient (Wildman–Crippen LogP) is 2.00. The minimum Gasteiger partial charge on any atom is -0.497 e. The van der Waals surface area contributed by atoms with Gasteiger partial charge in [0.2, 0.25) is 12.0 Å². The highest BCUT2D eigenvalue weighted by molar-refractivity contribution is 6.32. The lowest BCUT2D eigenvalue weighted by molar-refractivity contribution is -0.126. The van der Waals surface area contributed by atoms with Gasteiger partial charge < -0.3 is 14.3 Å². The number of hydrogen-bond donors (Lipinski definition) is 0. The molecule has 1 fully saturated rings. The highest BCUT2D eigenvalue weighted by Gasteiger charge is 2.56.